The Hall–Kier alpha value is -0.660. The molecule has 16 atom stereocenters. The molecule has 10 heteroatoms. The lowest BCUT2D eigenvalue weighted by Crippen LogP contribution is -2.66. The van der Waals surface area contributed by atoms with E-state index in [0.29, 0.717) is 30.8 Å². The van der Waals surface area contributed by atoms with Gasteiger partial charge in [-0.2, -0.15) is 0 Å². The molecule has 0 unspecified atom stereocenters. The maximum absolute atomic E-state index is 10.9. The van der Waals surface area contributed by atoms with Crippen LogP contribution in [0.1, 0.15) is 93.4 Å². The number of ether oxygens (including phenoxy) is 3. The minimum absolute atomic E-state index is 0.0108. The van der Waals surface area contributed by atoms with E-state index in [2.05, 4.69) is 46.8 Å². The molecule has 0 radical (unpaired) electrons. The van der Waals surface area contributed by atoms with E-state index in [1.807, 2.05) is 0 Å². The fourth-order valence-electron chi connectivity index (χ4n) is 11.9. The van der Waals surface area contributed by atoms with Gasteiger partial charge < -0.3 is 50.0 Å². The maximum atomic E-state index is 10.9. The summed E-state index contributed by atoms with van der Waals surface area (Å²) >= 11 is 0. The molecular weight excluding hydrogens is 592 g/mol. The normalized spacial score (nSPS) is 51.6. The third-order valence-electron chi connectivity index (χ3n) is 14.9. The fraction of sp³-hybridized carbons (Fsp3) is 0.944. The standard InChI is InChI=1S/C36H60O10/c1-19(16-21(38)29(42)32(4,5)43)20-10-12-34(7)23-11-13-36-24(35(23,18-44-36)15-14-33(20,34)6)8-9-25(31(36,2)3)46-30-28(41)27(40)26(39)22(17-37)45-30/h11,13,19-30,37-43H,8-10,12,14-18H2,1-7H3/t19-,20-,21-,22-,23+,24+,25+,26-,27-,28-,29+,30+,33-,34+,35+,36-/m1/s1. The molecule has 6 aliphatic rings. The van der Waals surface area contributed by atoms with Crippen molar-refractivity contribution >= 4 is 0 Å². The second kappa shape index (κ2) is 11.4. The van der Waals surface area contributed by atoms with Gasteiger partial charge in [0.2, 0.25) is 0 Å². The first-order valence-corrected chi connectivity index (χ1v) is 17.7. The molecule has 3 saturated carbocycles. The Morgan fingerprint density at radius 3 is 2.28 bits per heavy atom. The van der Waals surface area contributed by atoms with Crippen molar-refractivity contribution in [3.63, 3.8) is 0 Å². The van der Waals surface area contributed by atoms with Crippen molar-refractivity contribution in [2.45, 2.75) is 154 Å². The predicted molar refractivity (Wildman–Crippen MR) is 169 cm³/mol. The van der Waals surface area contributed by atoms with Crippen LogP contribution in [-0.4, -0.2) is 109 Å². The van der Waals surface area contributed by atoms with Crippen molar-refractivity contribution < 1.29 is 50.0 Å². The molecule has 4 aliphatic carbocycles. The van der Waals surface area contributed by atoms with Gasteiger partial charge in [0.15, 0.2) is 6.29 Å². The van der Waals surface area contributed by atoms with Crippen molar-refractivity contribution in [3.05, 3.63) is 12.2 Å². The van der Waals surface area contributed by atoms with Gasteiger partial charge in [0.25, 0.3) is 0 Å². The van der Waals surface area contributed by atoms with Crippen LogP contribution in [0.4, 0.5) is 0 Å². The van der Waals surface area contributed by atoms with Crippen molar-refractivity contribution in [3.8, 4) is 0 Å². The van der Waals surface area contributed by atoms with Crippen molar-refractivity contribution in [2.24, 2.45) is 45.3 Å². The highest BCUT2D eigenvalue weighted by Gasteiger charge is 2.75. The number of fused-ring (bicyclic) bond motifs is 2. The average molecular weight is 653 g/mol. The fourth-order valence-corrected chi connectivity index (χ4v) is 11.9. The third kappa shape index (κ3) is 4.72. The molecule has 0 aromatic rings. The van der Waals surface area contributed by atoms with Crippen LogP contribution in [0.3, 0.4) is 0 Å². The minimum atomic E-state index is -1.49. The molecule has 46 heavy (non-hydrogen) atoms. The average Bonchev–Trinajstić information content (AvgIpc) is 3.38. The first-order valence-electron chi connectivity index (χ1n) is 17.7. The Balaban J connectivity index is 1.24. The molecule has 2 bridgehead atoms. The minimum Gasteiger partial charge on any atom is -0.394 e. The van der Waals surface area contributed by atoms with E-state index in [1.165, 1.54) is 13.8 Å². The number of aliphatic hydroxyl groups excluding tert-OH is 6. The Kier molecular flexibility index (Phi) is 8.74. The summed E-state index contributed by atoms with van der Waals surface area (Å²) in [6.45, 7) is 14.7. The zero-order valence-electron chi connectivity index (χ0n) is 28.8. The van der Waals surface area contributed by atoms with E-state index in [-0.39, 0.29) is 28.3 Å². The van der Waals surface area contributed by atoms with E-state index in [1.54, 1.807) is 0 Å². The van der Waals surface area contributed by atoms with Crippen molar-refractivity contribution in [1.29, 1.82) is 0 Å². The number of allylic oxidation sites excluding steroid dienone is 1. The molecule has 1 spiro atoms. The number of aliphatic hydroxyl groups is 7. The smallest absolute Gasteiger partial charge is 0.186 e. The quantitative estimate of drug-likeness (QED) is 0.193. The first-order chi connectivity index (χ1) is 21.3. The second-order valence-corrected chi connectivity index (χ2v) is 17.7. The van der Waals surface area contributed by atoms with E-state index >= 15 is 0 Å². The number of rotatable bonds is 8. The third-order valence-corrected chi connectivity index (χ3v) is 14.9. The first kappa shape index (κ1) is 35.2. The lowest BCUT2D eigenvalue weighted by Gasteiger charge is -2.65. The monoisotopic (exact) mass is 652 g/mol. The van der Waals surface area contributed by atoms with Gasteiger partial charge in [0.05, 0.1) is 36.6 Å². The zero-order chi connectivity index (χ0) is 33.8. The largest absolute Gasteiger partial charge is 0.394 e. The number of hydrogen-bond acceptors (Lipinski definition) is 10. The van der Waals surface area contributed by atoms with Crippen molar-refractivity contribution in [1.82, 2.24) is 0 Å². The van der Waals surface area contributed by atoms with E-state index in [9.17, 15) is 35.7 Å². The van der Waals surface area contributed by atoms with Crippen LogP contribution in [-0.2, 0) is 14.2 Å². The Bertz CT molecular complexity index is 1170. The molecule has 0 aromatic carbocycles. The molecule has 5 fully saturated rings. The summed E-state index contributed by atoms with van der Waals surface area (Å²) in [5.74, 6) is 1.21. The Morgan fingerprint density at radius 2 is 1.63 bits per heavy atom. The van der Waals surface area contributed by atoms with Crippen LogP contribution < -0.4 is 0 Å². The van der Waals surface area contributed by atoms with Gasteiger partial charge >= 0.3 is 0 Å². The summed E-state index contributed by atoms with van der Waals surface area (Å²) in [5, 5.41) is 72.8. The van der Waals surface area contributed by atoms with E-state index < -0.39 is 66.1 Å². The maximum Gasteiger partial charge on any atom is 0.186 e. The van der Waals surface area contributed by atoms with Gasteiger partial charge in [-0.15, -0.1) is 0 Å². The Labute approximate surface area is 274 Å². The highest BCUT2D eigenvalue weighted by molar-refractivity contribution is 5.33. The van der Waals surface area contributed by atoms with Crippen molar-refractivity contribution in [2.75, 3.05) is 13.2 Å². The zero-order valence-corrected chi connectivity index (χ0v) is 28.8. The highest BCUT2D eigenvalue weighted by atomic mass is 16.7. The van der Waals surface area contributed by atoms with Gasteiger partial charge in [-0.3, -0.25) is 0 Å². The molecule has 0 aromatic heterocycles. The molecule has 7 N–H and O–H groups in total. The van der Waals surface area contributed by atoms with Crippen LogP contribution in [0, 0.1) is 45.3 Å². The topological polar surface area (TPSA) is 169 Å². The van der Waals surface area contributed by atoms with Crippen LogP contribution in [0.5, 0.6) is 0 Å². The molecule has 6 rings (SSSR count). The molecule has 10 nitrogen and oxygen atoms in total. The van der Waals surface area contributed by atoms with Crippen LogP contribution in [0.2, 0.25) is 0 Å². The van der Waals surface area contributed by atoms with Crippen LogP contribution >= 0.6 is 0 Å². The lowest BCUT2D eigenvalue weighted by molar-refractivity contribution is -0.329. The molecule has 2 saturated heterocycles. The second-order valence-electron chi connectivity index (χ2n) is 17.7. The summed E-state index contributed by atoms with van der Waals surface area (Å²) in [4.78, 5) is 0. The summed E-state index contributed by atoms with van der Waals surface area (Å²) in [6, 6.07) is 0. The summed E-state index contributed by atoms with van der Waals surface area (Å²) in [6.07, 6.45) is 1.99. The van der Waals surface area contributed by atoms with Gasteiger partial charge in [0, 0.05) is 16.7 Å². The number of hydrogen-bond donors (Lipinski definition) is 7. The summed E-state index contributed by atoms with van der Waals surface area (Å²) in [7, 11) is 0. The van der Waals surface area contributed by atoms with Gasteiger partial charge in [-0.05, 0) is 87.4 Å². The molecule has 2 aliphatic heterocycles. The summed E-state index contributed by atoms with van der Waals surface area (Å²) in [5.41, 5.74) is -2.34. The highest BCUT2D eigenvalue weighted by Crippen LogP contribution is 2.77. The SMILES string of the molecule is C[C@H](C[C@@H](O)[C@H](O)C(C)(C)O)[C@H]1CC[C@@]2(C)[C@@H]3C=C[C@@]45OC[C@]3(CC[C@]12C)[C@@H]4CC[C@H](O[C@@H]1O[C@H](CO)[C@@H](O)[C@@H](O)[C@H]1O)C5(C)C. The van der Waals surface area contributed by atoms with E-state index in [4.69, 9.17) is 14.2 Å². The van der Waals surface area contributed by atoms with Crippen LogP contribution in [0.15, 0.2) is 12.2 Å². The molecule has 2 heterocycles. The van der Waals surface area contributed by atoms with Gasteiger partial charge in [-0.25, -0.2) is 0 Å². The Morgan fingerprint density at radius 1 is 0.935 bits per heavy atom. The predicted octanol–water partition coefficient (Wildman–Crippen LogP) is 2.28. The molecule has 0 amide bonds. The van der Waals surface area contributed by atoms with Gasteiger partial charge in [0.1, 0.15) is 30.5 Å². The van der Waals surface area contributed by atoms with Crippen LogP contribution in [0.25, 0.3) is 0 Å². The van der Waals surface area contributed by atoms with Gasteiger partial charge in [-0.1, -0.05) is 46.8 Å². The molecular formula is C36H60O10. The van der Waals surface area contributed by atoms with E-state index in [0.717, 1.165) is 38.5 Å². The summed E-state index contributed by atoms with van der Waals surface area (Å²) < 4.78 is 19.2. The lowest BCUT2D eigenvalue weighted by atomic mass is 9.38. The molecule has 264 valence electrons.